The van der Waals surface area contributed by atoms with Gasteiger partial charge >= 0.3 is 0 Å². The summed E-state index contributed by atoms with van der Waals surface area (Å²) in [6, 6.07) is 7.37. The zero-order chi connectivity index (χ0) is 14.5. The van der Waals surface area contributed by atoms with Gasteiger partial charge in [0.05, 0.1) is 17.7 Å². The summed E-state index contributed by atoms with van der Waals surface area (Å²) in [6.07, 6.45) is 1.04. The third-order valence-electron chi connectivity index (χ3n) is 3.14. The Kier molecular flexibility index (Phi) is 4.61. The van der Waals surface area contributed by atoms with Gasteiger partial charge in [0, 0.05) is 13.0 Å². The van der Waals surface area contributed by atoms with Crippen molar-refractivity contribution >= 4 is 17.5 Å². The molecule has 1 fully saturated rings. The highest BCUT2D eigenvalue weighted by molar-refractivity contribution is 5.95. The van der Waals surface area contributed by atoms with Crippen LogP contribution in [0.4, 0.5) is 5.69 Å². The number of nitrogens with one attached hydrogen (secondary N) is 2. The Balaban J connectivity index is 2.02. The van der Waals surface area contributed by atoms with E-state index >= 15 is 0 Å². The first-order chi connectivity index (χ1) is 9.56. The number of hydrogen-bond donors (Lipinski definition) is 2. The Hall–Kier alpha value is -2.04. The van der Waals surface area contributed by atoms with Crippen molar-refractivity contribution in [1.29, 1.82) is 0 Å². The molecule has 1 aromatic carbocycles. The number of piperidine rings is 1. The van der Waals surface area contributed by atoms with Gasteiger partial charge in [-0.15, -0.1) is 0 Å². The molecule has 1 aliphatic rings. The first-order valence-electron chi connectivity index (χ1n) is 6.89. The van der Waals surface area contributed by atoms with Crippen LogP contribution in [0.15, 0.2) is 24.3 Å². The molecule has 0 bridgehead atoms. The lowest BCUT2D eigenvalue weighted by molar-refractivity contribution is -0.126. The number of para-hydroxylation sites is 2. The van der Waals surface area contributed by atoms with Crippen LogP contribution in [0.5, 0.6) is 5.75 Å². The van der Waals surface area contributed by atoms with Crippen LogP contribution >= 0.6 is 0 Å². The fraction of sp³-hybridized carbons (Fsp3) is 0.467. The van der Waals surface area contributed by atoms with Crippen molar-refractivity contribution in [2.45, 2.75) is 32.8 Å². The molecule has 20 heavy (non-hydrogen) atoms. The molecule has 0 aliphatic carbocycles. The van der Waals surface area contributed by atoms with Crippen molar-refractivity contribution < 1.29 is 14.3 Å². The monoisotopic (exact) mass is 276 g/mol. The van der Waals surface area contributed by atoms with E-state index in [1.807, 2.05) is 38.1 Å². The second-order valence-corrected chi connectivity index (χ2v) is 5.19. The number of amides is 2. The summed E-state index contributed by atoms with van der Waals surface area (Å²) in [5, 5.41) is 5.60. The zero-order valence-electron chi connectivity index (χ0n) is 11.8. The molecule has 1 heterocycles. The molecule has 1 unspecified atom stereocenters. The van der Waals surface area contributed by atoms with Gasteiger partial charge in [0.1, 0.15) is 5.75 Å². The van der Waals surface area contributed by atoms with Crippen molar-refractivity contribution in [2.24, 2.45) is 5.92 Å². The predicted octanol–water partition coefficient (Wildman–Crippen LogP) is 1.94. The molecule has 1 aliphatic heterocycles. The SMILES string of the molecule is CC(C)Oc1ccccc1NC(=O)C1CCC(=O)NC1. The highest BCUT2D eigenvalue weighted by Crippen LogP contribution is 2.26. The smallest absolute Gasteiger partial charge is 0.229 e. The van der Waals surface area contributed by atoms with Crippen molar-refractivity contribution in [3.8, 4) is 5.75 Å². The number of carbonyl (C=O) groups excluding carboxylic acids is 2. The first kappa shape index (κ1) is 14.4. The normalized spacial score (nSPS) is 18.6. The maximum absolute atomic E-state index is 12.2. The van der Waals surface area contributed by atoms with Crippen LogP contribution in [-0.4, -0.2) is 24.5 Å². The maximum Gasteiger partial charge on any atom is 0.229 e. The number of rotatable bonds is 4. The minimum absolute atomic E-state index is 0.0117. The molecule has 5 nitrogen and oxygen atoms in total. The fourth-order valence-corrected chi connectivity index (χ4v) is 2.12. The lowest BCUT2D eigenvalue weighted by Crippen LogP contribution is -2.40. The molecule has 0 aromatic heterocycles. The van der Waals surface area contributed by atoms with Gasteiger partial charge in [-0.05, 0) is 32.4 Å². The van der Waals surface area contributed by atoms with Crippen LogP contribution in [0.2, 0.25) is 0 Å². The number of carbonyl (C=O) groups is 2. The number of hydrogen-bond acceptors (Lipinski definition) is 3. The van der Waals surface area contributed by atoms with Crippen LogP contribution < -0.4 is 15.4 Å². The summed E-state index contributed by atoms with van der Waals surface area (Å²) in [5.41, 5.74) is 0.670. The molecule has 1 atom stereocenters. The second kappa shape index (κ2) is 6.41. The average molecular weight is 276 g/mol. The molecule has 2 amide bonds. The van der Waals surface area contributed by atoms with Gasteiger partial charge < -0.3 is 15.4 Å². The van der Waals surface area contributed by atoms with Gasteiger partial charge in [-0.3, -0.25) is 9.59 Å². The van der Waals surface area contributed by atoms with Gasteiger partial charge in [-0.25, -0.2) is 0 Å². The fourth-order valence-electron chi connectivity index (χ4n) is 2.12. The van der Waals surface area contributed by atoms with Crippen molar-refractivity contribution in [1.82, 2.24) is 5.32 Å². The van der Waals surface area contributed by atoms with Crippen LogP contribution in [0.3, 0.4) is 0 Å². The molecule has 0 spiro atoms. The predicted molar refractivity (Wildman–Crippen MR) is 76.6 cm³/mol. The Morgan fingerprint density at radius 2 is 2.15 bits per heavy atom. The van der Waals surface area contributed by atoms with Gasteiger partial charge in [0.15, 0.2) is 0 Å². The van der Waals surface area contributed by atoms with Crippen LogP contribution in [-0.2, 0) is 9.59 Å². The van der Waals surface area contributed by atoms with E-state index in [1.54, 1.807) is 0 Å². The van der Waals surface area contributed by atoms with E-state index in [-0.39, 0.29) is 23.8 Å². The summed E-state index contributed by atoms with van der Waals surface area (Å²) in [5.74, 6) is 0.415. The summed E-state index contributed by atoms with van der Waals surface area (Å²) in [6.45, 7) is 4.28. The van der Waals surface area contributed by atoms with Crippen LogP contribution in [0, 0.1) is 5.92 Å². The lowest BCUT2D eigenvalue weighted by atomic mass is 9.98. The Labute approximate surface area is 118 Å². The minimum Gasteiger partial charge on any atom is -0.489 e. The van der Waals surface area contributed by atoms with E-state index in [0.29, 0.717) is 30.8 Å². The van der Waals surface area contributed by atoms with Gasteiger partial charge in [-0.2, -0.15) is 0 Å². The maximum atomic E-state index is 12.2. The van der Waals surface area contributed by atoms with E-state index in [2.05, 4.69) is 10.6 Å². The van der Waals surface area contributed by atoms with E-state index < -0.39 is 0 Å². The highest BCUT2D eigenvalue weighted by Gasteiger charge is 2.25. The number of ether oxygens (including phenoxy) is 1. The number of anilines is 1. The van der Waals surface area contributed by atoms with Crippen LogP contribution in [0.25, 0.3) is 0 Å². The molecular weight excluding hydrogens is 256 g/mol. The third-order valence-corrected chi connectivity index (χ3v) is 3.14. The average Bonchev–Trinajstić information content (AvgIpc) is 2.41. The quantitative estimate of drug-likeness (QED) is 0.883. The van der Waals surface area contributed by atoms with Crippen molar-refractivity contribution in [3.05, 3.63) is 24.3 Å². The van der Waals surface area contributed by atoms with Gasteiger partial charge in [0.2, 0.25) is 11.8 Å². The Morgan fingerprint density at radius 3 is 2.80 bits per heavy atom. The molecular formula is C15H20N2O3. The second-order valence-electron chi connectivity index (χ2n) is 5.19. The molecule has 1 saturated heterocycles. The zero-order valence-corrected chi connectivity index (χ0v) is 11.8. The Morgan fingerprint density at radius 1 is 1.40 bits per heavy atom. The van der Waals surface area contributed by atoms with Crippen molar-refractivity contribution in [3.63, 3.8) is 0 Å². The topological polar surface area (TPSA) is 67.4 Å². The molecule has 108 valence electrons. The first-order valence-corrected chi connectivity index (χ1v) is 6.89. The lowest BCUT2D eigenvalue weighted by Gasteiger charge is -2.22. The molecule has 0 saturated carbocycles. The third kappa shape index (κ3) is 3.73. The Bertz CT molecular complexity index is 490. The summed E-state index contributed by atoms with van der Waals surface area (Å²) in [7, 11) is 0. The molecule has 0 radical (unpaired) electrons. The van der Waals surface area contributed by atoms with E-state index in [4.69, 9.17) is 4.74 Å². The largest absolute Gasteiger partial charge is 0.489 e. The van der Waals surface area contributed by atoms with E-state index in [0.717, 1.165) is 0 Å². The van der Waals surface area contributed by atoms with Gasteiger partial charge in [0.25, 0.3) is 0 Å². The molecule has 2 rings (SSSR count). The highest BCUT2D eigenvalue weighted by atomic mass is 16.5. The van der Waals surface area contributed by atoms with Gasteiger partial charge in [-0.1, -0.05) is 12.1 Å². The van der Waals surface area contributed by atoms with E-state index in [9.17, 15) is 9.59 Å². The minimum atomic E-state index is -0.181. The summed E-state index contributed by atoms with van der Waals surface area (Å²) < 4.78 is 5.67. The molecule has 1 aromatic rings. The van der Waals surface area contributed by atoms with E-state index in [1.165, 1.54) is 0 Å². The summed E-state index contributed by atoms with van der Waals surface area (Å²) >= 11 is 0. The molecule has 2 N–H and O–H groups in total. The number of benzene rings is 1. The molecule has 5 heteroatoms. The van der Waals surface area contributed by atoms with Crippen molar-refractivity contribution in [2.75, 3.05) is 11.9 Å². The standard InChI is InChI=1S/C15H20N2O3/c1-10(2)20-13-6-4-3-5-12(13)17-15(19)11-7-8-14(18)16-9-11/h3-6,10-11H,7-9H2,1-2H3,(H,16,18)(H,17,19). The van der Waals surface area contributed by atoms with Crippen LogP contribution in [0.1, 0.15) is 26.7 Å². The summed E-state index contributed by atoms with van der Waals surface area (Å²) in [4.78, 5) is 23.3.